The van der Waals surface area contributed by atoms with Gasteiger partial charge in [-0.05, 0) is 48.5 Å². The first-order valence-corrected chi connectivity index (χ1v) is 10.3. The smallest absolute Gasteiger partial charge is 0.259 e. The number of amides is 1. The number of pyridine rings is 1. The van der Waals surface area contributed by atoms with Crippen LogP contribution >= 0.6 is 0 Å². The van der Waals surface area contributed by atoms with Gasteiger partial charge < -0.3 is 5.32 Å². The van der Waals surface area contributed by atoms with Crippen LogP contribution in [0.15, 0.2) is 85.7 Å². The number of carbonyl (C=O) groups excluding carboxylic acids is 1. The van der Waals surface area contributed by atoms with Gasteiger partial charge in [-0.3, -0.25) is 9.20 Å². The molecule has 1 amide bonds. The van der Waals surface area contributed by atoms with Crippen LogP contribution < -0.4 is 5.32 Å². The van der Waals surface area contributed by atoms with E-state index < -0.39 is 0 Å². The molecule has 9 nitrogen and oxygen atoms in total. The number of nitrogens with one attached hydrogen (secondary N) is 1. The zero-order chi connectivity index (χ0) is 23.1. The van der Waals surface area contributed by atoms with Gasteiger partial charge in [-0.1, -0.05) is 6.07 Å². The van der Waals surface area contributed by atoms with E-state index in [-0.39, 0.29) is 11.7 Å². The van der Waals surface area contributed by atoms with Gasteiger partial charge in [0, 0.05) is 24.2 Å². The molecular formula is C24H15FN8O. The van der Waals surface area contributed by atoms with Gasteiger partial charge >= 0.3 is 0 Å². The SMILES string of the molecule is O=C(Nc1cn2nc(-c3c(-c4ccc(F)cc4)nc4ccccn34)ccc2n1)c1cncnc1. The molecule has 0 radical (unpaired) electrons. The van der Waals surface area contributed by atoms with Gasteiger partial charge in [0.2, 0.25) is 0 Å². The molecule has 0 bridgehead atoms. The molecule has 0 spiro atoms. The number of hydrogen-bond acceptors (Lipinski definition) is 6. The van der Waals surface area contributed by atoms with E-state index in [1.807, 2.05) is 34.9 Å². The van der Waals surface area contributed by atoms with Crippen LogP contribution in [-0.2, 0) is 0 Å². The van der Waals surface area contributed by atoms with E-state index in [0.29, 0.717) is 28.4 Å². The average molecular weight is 450 g/mol. The fraction of sp³-hybridized carbons (Fsp3) is 0. The molecule has 0 saturated carbocycles. The summed E-state index contributed by atoms with van der Waals surface area (Å²) in [5, 5.41) is 7.45. The summed E-state index contributed by atoms with van der Waals surface area (Å²) < 4.78 is 17.0. The van der Waals surface area contributed by atoms with E-state index >= 15 is 0 Å². The van der Waals surface area contributed by atoms with Crippen molar-refractivity contribution in [3.63, 3.8) is 0 Å². The minimum Gasteiger partial charge on any atom is -0.305 e. The predicted molar refractivity (Wildman–Crippen MR) is 123 cm³/mol. The van der Waals surface area contributed by atoms with Crippen molar-refractivity contribution in [2.24, 2.45) is 0 Å². The number of anilines is 1. The lowest BCUT2D eigenvalue weighted by Crippen LogP contribution is -2.12. The maximum atomic E-state index is 13.5. The summed E-state index contributed by atoms with van der Waals surface area (Å²) in [7, 11) is 0. The van der Waals surface area contributed by atoms with Crippen molar-refractivity contribution in [2.45, 2.75) is 0 Å². The number of fused-ring (bicyclic) bond motifs is 2. The molecule has 0 unspecified atom stereocenters. The van der Waals surface area contributed by atoms with E-state index in [1.54, 1.807) is 28.9 Å². The van der Waals surface area contributed by atoms with Crippen LogP contribution in [0.2, 0.25) is 0 Å². The molecular weight excluding hydrogens is 435 g/mol. The van der Waals surface area contributed by atoms with Crippen molar-refractivity contribution in [1.29, 1.82) is 0 Å². The van der Waals surface area contributed by atoms with E-state index in [4.69, 9.17) is 10.1 Å². The maximum Gasteiger partial charge on any atom is 0.259 e. The molecule has 1 N–H and O–H groups in total. The van der Waals surface area contributed by atoms with Crippen LogP contribution in [0.5, 0.6) is 0 Å². The molecule has 164 valence electrons. The summed E-state index contributed by atoms with van der Waals surface area (Å²) in [5.41, 5.74) is 4.45. The molecule has 6 rings (SSSR count). The summed E-state index contributed by atoms with van der Waals surface area (Å²) in [6, 6.07) is 15.5. The minimum absolute atomic E-state index is 0.316. The first kappa shape index (κ1) is 19.7. The number of nitrogens with zero attached hydrogens (tertiary/aromatic N) is 7. The number of aromatic nitrogens is 7. The van der Waals surface area contributed by atoms with Gasteiger partial charge in [0.05, 0.1) is 17.5 Å². The number of benzene rings is 1. The van der Waals surface area contributed by atoms with E-state index in [1.165, 1.54) is 30.9 Å². The molecule has 10 heteroatoms. The van der Waals surface area contributed by atoms with Gasteiger partial charge in [-0.25, -0.2) is 28.8 Å². The number of carbonyl (C=O) groups is 1. The first-order valence-electron chi connectivity index (χ1n) is 10.3. The maximum absolute atomic E-state index is 13.5. The zero-order valence-corrected chi connectivity index (χ0v) is 17.5. The van der Waals surface area contributed by atoms with E-state index in [2.05, 4.69) is 20.3 Å². The topological polar surface area (TPSA) is 102 Å². The van der Waals surface area contributed by atoms with Crippen LogP contribution in [0.4, 0.5) is 10.2 Å². The van der Waals surface area contributed by atoms with Crippen molar-refractivity contribution < 1.29 is 9.18 Å². The highest BCUT2D eigenvalue weighted by Crippen LogP contribution is 2.32. The third-order valence-corrected chi connectivity index (χ3v) is 5.27. The van der Waals surface area contributed by atoms with Crippen LogP contribution in [0, 0.1) is 5.82 Å². The van der Waals surface area contributed by atoms with Gasteiger partial charge in [0.25, 0.3) is 5.91 Å². The summed E-state index contributed by atoms with van der Waals surface area (Å²) in [5.74, 6) is -0.344. The van der Waals surface area contributed by atoms with Gasteiger partial charge in [0.15, 0.2) is 11.5 Å². The molecule has 5 aromatic heterocycles. The summed E-state index contributed by atoms with van der Waals surface area (Å²) >= 11 is 0. The Balaban J connectivity index is 1.43. The van der Waals surface area contributed by atoms with E-state index in [9.17, 15) is 9.18 Å². The number of hydrogen-bond donors (Lipinski definition) is 1. The van der Waals surface area contributed by atoms with Crippen molar-refractivity contribution >= 4 is 23.0 Å². The van der Waals surface area contributed by atoms with E-state index in [0.717, 1.165) is 16.9 Å². The Hall–Kier alpha value is -4.99. The average Bonchev–Trinajstić information content (AvgIpc) is 3.45. The first-order chi connectivity index (χ1) is 16.7. The predicted octanol–water partition coefficient (Wildman–Crippen LogP) is 3.89. The number of imidazole rings is 2. The number of halogens is 1. The molecule has 6 aromatic rings. The molecule has 0 saturated heterocycles. The quantitative estimate of drug-likeness (QED) is 0.437. The highest BCUT2D eigenvalue weighted by atomic mass is 19.1. The van der Waals surface area contributed by atoms with Crippen molar-refractivity contribution in [2.75, 3.05) is 5.32 Å². The highest BCUT2D eigenvalue weighted by molar-refractivity contribution is 6.03. The lowest BCUT2D eigenvalue weighted by atomic mass is 10.1. The Kier molecular flexibility index (Phi) is 4.54. The molecule has 0 aliphatic rings. The Morgan fingerprint density at radius 1 is 0.912 bits per heavy atom. The summed E-state index contributed by atoms with van der Waals surface area (Å²) in [4.78, 5) is 29.3. The Bertz CT molecular complexity index is 1660. The molecule has 5 heterocycles. The van der Waals surface area contributed by atoms with Crippen LogP contribution in [0.3, 0.4) is 0 Å². The Morgan fingerprint density at radius 3 is 2.56 bits per heavy atom. The van der Waals surface area contributed by atoms with Crippen LogP contribution in [-0.4, -0.2) is 39.9 Å². The third-order valence-electron chi connectivity index (χ3n) is 5.27. The highest BCUT2D eigenvalue weighted by Gasteiger charge is 2.18. The van der Waals surface area contributed by atoms with Gasteiger partial charge in [-0.15, -0.1) is 0 Å². The van der Waals surface area contributed by atoms with Gasteiger partial charge in [-0.2, -0.15) is 5.10 Å². The van der Waals surface area contributed by atoms with Crippen molar-refractivity contribution in [3.05, 3.63) is 97.1 Å². The molecule has 1 aromatic carbocycles. The minimum atomic E-state index is -0.371. The molecule has 0 atom stereocenters. The standard InChI is InChI=1S/C24H15FN8O/c25-17-6-4-15(5-7-17)22-23(32-10-2-1-3-20(32)30-22)18-8-9-21-28-19(13-33(21)31-18)29-24(34)16-11-26-14-27-12-16/h1-14H,(H,29,34). The zero-order valence-electron chi connectivity index (χ0n) is 17.5. The Morgan fingerprint density at radius 2 is 1.74 bits per heavy atom. The third kappa shape index (κ3) is 3.43. The summed E-state index contributed by atoms with van der Waals surface area (Å²) in [6.07, 6.45) is 7.74. The molecule has 0 aliphatic heterocycles. The second kappa shape index (κ2) is 7.85. The normalized spacial score (nSPS) is 11.2. The summed E-state index contributed by atoms with van der Waals surface area (Å²) in [6.45, 7) is 0. The fourth-order valence-corrected chi connectivity index (χ4v) is 3.72. The monoisotopic (exact) mass is 450 g/mol. The largest absolute Gasteiger partial charge is 0.305 e. The number of rotatable bonds is 4. The molecule has 0 aliphatic carbocycles. The van der Waals surface area contributed by atoms with Gasteiger partial charge in [0.1, 0.15) is 29.2 Å². The second-order valence-electron chi connectivity index (χ2n) is 7.47. The van der Waals surface area contributed by atoms with Crippen molar-refractivity contribution in [1.82, 2.24) is 34.0 Å². The second-order valence-corrected chi connectivity index (χ2v) is 7.47. The molecule has 34 heavy (non-hydrogen) atoms. The van der Waals surface area contributed by atoms with Crippen LogP contribution in [0.1, 0.15) is 10.4 Å². The lowest BCUT2D eigenvalue weighted by Gasteiger charge is -2.05. The van der Waals surface area contributed by atoms with Crippen molar-refractivity contribution in [3.8, 4) is 22.6 Å². The lowest BCUT2D eigenvalue weighted by molar-refractivity contribution is 0.102. The van der Waals surface area contributed by atoms with Crippen LogP contribution in [0.25, 0.3) is 33.9 Å². The fourth-order valence-electron chi connectivity index (χ4n) is 3.72. The molecule has 0 fully saturated rings. The Labute approximate surface area is 191 Å².